The van der Waals surface area contributed by atoms with Crippen LogP contribution < -0.4 is 0 Å². The second kappa shape index (κ2) is 12.4. The molecule has 0 heterocycles. The van der Waals surface area contributed by atoms with Gasteiger partial charge < -0.3 is 14.6 Å². The summed E-state index contributed by atoms with van der Waals surface area (Å²) in [7, 11) is 0. The van der Waals surface area contributed by atoms with Crippen LogP contribution in [-0.2, 0) is 19.1 Å². The maximum atomic E-state index is 11.2. The highest BCUT2D eigenvalue weighted by Crippen LogP contribution is 2.05. The molecule has 0 saturated carbocycles. The maximum Gasteiger partial charge on any atom is 0.305 e. The van der Waals surface area contributed by atoms with Crippen molar-refractivity contribution >= 4 is 11.9 Å². The predicted molar refractivity (Wildman–Crippen MR) is 67.4 cm³/mol. The number of rotatable bonds is 12. The molecule has 0 aromatic heterocycles. The van der Waals surface area contributed by atoms with E-state index in [1.807, 2.05) is 0 Å². The van der Waals surface area contributed by atoms with Gasteiger partial charge in [0.1, 0.15) is 6.61 Å². The van der Waals surface area contributed by atoms with Gasteiger partial charge in [0, 0.05) is 6.42 Å². The Labute approximate surface area is 108 Å². The first-order chi connectivity index (χ1) is 8.66. The van der Waals surface area contributed by atoms with Crippen LogP contribution in [0.3, 0.4) is 0 Å². The van der Waals surface area contributed by atoms with Crippen molar-refractivity contribution in [3.63, 3.8) is 0 Å². The molecule has 0 radical (unpaired) electrons. The molecule has 5 heteroatoms. The minimum atomic E-state index is -0.890. The summed E-state index contributed by atoms with van der Waals surface area (Å²) in [6, 6.07) is 0. The summed E-state index contributed by atoms with van der Waals surface area (Å²) in [5.41, 5.74) is 0. The van der Waals surface area contributed by atoms with Gasteiger partial charge >= 0.3 is 11.9 Å². The molecule has 0 bridgehead atoms. The average molecular weight is 260 g/mol. The Kier molecular flexibility index (Phi) is 11.6. The fourth-order valence-corrected chi connectivity index (χ4v) is 1.42. The molecule has 18 heavy (non-hydrogen) atoms. The molecule has 0 rings (SSSR count). The molecule has 106 valence electrons. The van der Waals surface area contributed by atoms with Crippen molar-refractivity contribution in [3.8, 4) is 0 Å². The third-order valence-electron chi connectivity index (χ3n) is 2.44. The van der Waals surface area contributed by atoms with Gasteiger partial charge in [0.15, 0.2) is 0 Å². The van der Waals surface area contributed by atoms with Gasteiger partial charge in [-0.2, -0.15) is 0 Å². The Bertz CT molecular complexity index is 227. The van der Waals surface area contributed by atoms with Gasteiger partial charge in [-0.15, -0.1) is 0 Å². The number of hydrogen-bond acceptors (Lipinski definition) is 4. The highest BCUT2D eigenvalue weighted by atomic mass is 16.6. The Morgan fingerprint density at radius 1 is 0.944 bits per heavy atom. The summed E-state index contributed by atoms with van der Waals surface area (Å²) < 4.78 is 9.94. The number of hydrogen-bond donors (Lipinski definition) is 1. The van der Waals surface area contributed by atoms with Crippen molar-refractivity contribution in [3.05, 3.63) is 0 Å². The SMILES string of the molecule is CCCCCCCC(=O)OCCOCCC(=O)O. The van der Waals surface area contributed by atoms with Crippen LogP contribution in [0, 0.1) is 0 Å². The van der Waals surface area contributed by atoms with Crippen molar-refractivity contribution in [2.24, 2.45) is 0 Å². The van der Waals surface area contributed by atoms with Crippen LogP contribution in [0.15, 0.2) is 0 Å². The Hall–Kier alpha value is -1.10. The van der Waals surface area contributed by atoms with E-state index in [0.717, 1.165) is 12.8 Å². The number of esters is 1. The predicted octanol–water partition coefficient (Wildman–Crippen LogP) is 2.38. The lowest BCUT2D eigenvalue weighted by Gasteiger charge is -2.05. The first-order valence-corrected chi connectivity index (χ1v) is 6.62. The lowest BCUT2D eigenvalue weighted by Crippen LogP contribution is -2.12. The van der Waals surface area contributed by atoms with E-state index in [4.69, 9.17) is 14.6 Å². The van der Waals surface area contributed by atoms with Crippen LogP contribution in [-0.4, -0.2) is 36.9 Å². The van der Waals surface area contributed by atoms with E-state index in [1.54, 1.807) is 0 Å². The zero-order valence-electron chi connectivity index (χ0n) is 11.2. The smallest absolute Gasteiger partial charge is 0.305 e. The first-order valence-electron chi connectivity index (χ1n) is 6.62. The molecule has 0 saturated heterocycles. The summed E-state index contributed by atoms with van der Waals surface area (Å²) >= 11 is 0. The zero-order chi connectivity index (χ0) is 13.6. The molecular formula is C13H24O5. The molecule has 0 atom stereocenters. The molecule has 0 aromatic rings. The van der Waals surface area contributed by atoms with Gasteiger partial charge in [-0.1, -0.05) is 32.6 Å². The highest BCUT2D eigenvalue weighted by Gasteiger charge is 2.02. The number of carboxylic acid groups (broad SMARTS) is 1. The molecule has 0 amide bonds. The molecular weight excluding hydrogens is 236 g/mol. The van der Waals surface area contributed by atoms with Crippen LogP contribution in [0.25, 0.3) is 0 Å². The standard InChI is InChI=1S/C13H24O5/c1-2-3-4-5-6-7-13(16)18-11-10-17-9-8-12(14)15/h2-11H2,1H3,(H,14,15). The van der Waals surface area contributed by atoms with Crippen molar-refractivity contribution in [1.29, 1.82) is 0 Å². The van der Waals surface area contributed by atoms with Gasteiger partial charge in [-0.05, 0) is 6.42 Å². The van der Waals surface area contributed by atoms with E-state index in [1.165, 1.54) is 19.3 Å². The molecule has 0 aliphatic carbocycles. The number of carbonyl (C=O) groups is 2. The zero-order valence-corrected chi connectivity index (χ0v) is 11.2. The summed E-state index contributed by atoms with van der Waals surface area (Å²) in [6.07, 6.45) is 5.95. The topological polar surface area (TPSA) is 72.8 Å². The number of aliphatic carboxylic acids is 1. The molecule has 0 aromatic carbocycles. The summed E-state index contributed by atoms with van der Waals surface area (Å²) in [5, 5.41) is 8.35. The monoisotopic (exact) mass is 260 g/mol. The second-order valence-corrected chi connectivity index (χ2v) is 4.14. The quantitative estimate of drug-likeness (QED) is 0.431. The van der Waals surface area contributed by atoms with Gasteiger partial charge in [-0.25, -0.2) is 0 Å². The summed E-state index contributed by atoms with van der Waals surface area (Å²) in [4.78, 5) is 21.4. The second-order valence-electron chi connectivity index (χ2n) is 4.14. The van der Waals surface area contributed by atoms with E-state index in [2.05, 4.69) is 6.92 Å². The highest BCUT2D eigenvalue weighted by molar-refractivity contribution is 5.69. The van der Waals surface area contributed by atoms with Crippen LogP contribution in [0.4, 0.5) is 0 Å². The Balaban J connectivity index is 3.19. The first kappa shape index (κ1) is 16.9. The van der Waals surface area contributed by atoms with Gasteiger partial charge in [-0.3, -0.25) is 9.59 Å². The largest absolute Gasteiger partial charge is 0.481 e. The van der Waals surface area contributed by atoms with Crippen molar-refractivity contribution in [1.82, 2.24) is 0 Å². The third kappa shape index (κ3) is 13.0. The molecule has 0 aliphatic heterocycles. The summed E-state index contributed by atoms with van der Waals surface area (Å²) in [5.74, 6) is -1.09. The normalized spacial score (nSPS) is 10.3. The van der Waals surface area contributed by atoms with Crippen LogP contribution in [0.2, 0.25) is 0 Å². The van der Waals surface area contributed by atoms with E-state index >= 15 is 0 Å². The van der Waals surface area contributed by atoms with E-state index in [0.29, 0.717) is 6.42 Å². The van der Waals surface area contributed by atoms with Gasteiger partial charge in [0.2, 0.25) is 0 Å². The van der Waals surface area contributed by atoms with Crippen molar-refractivity contribution in [2.75, 3.05) is 19.8 Å². The Morgan fingerprint density at radius 2 is 1.67 bits per heavy atom. The maximum absolute atomic E-state index is 11.2. The van der Waals surface area contributed by atoms with Gasteiger partial charge in [0.25, 0.3) is 0 Å². The number of carboxylic acids is 1. The average Bonchev–Trinajstić information content (AvgIpc) is 2.33. The fraction of sp³-hybridized carbons (Fsp3) is 0.846. The molecule has 0 aliphatic rings. The molecule has 1 N–H and O–H groups in total. The minimum Gasteiger partial charge on any atom is -0.481 e. The number of ether oxygens (including phenoxy) is 2. The lowest BCUT2D eigenvalue weighted by molar-refractivity contribution is -0.146. The third-order valence-corrected chi connectivity index (χ3v) is 2.44. The Morgan fingerprint density at radius 3 is 2.33 bits per heavy atom. The van der Waals surface area contributed by atoms with Crippen LogP contribution >= 0.6 is 0 Å². The summed E-state index contributed by atoms with van der Waals surface area (Å²) in [6.45, 7) is 2.77. The van der Waals surface area contributed by atoms with E-state index < -0.39 is 5.97 Å². The fourth-order valence-electron chi connectivity index (χ4n) is 1.42. The van der Waals surface area contributed by atoms with Gasteiger partial charge in [0.05, 0.1) is 19.6 Å². The minimum absolute atomic E-state index is 0.0224. The van der Waals surface area contributed by atoms with E-state index in [9.17, 15) is 9.59 Å². The van der Waals surface area contributed by atoms with Crippen LogP contribution in [0.5, 0.6) is 0 Å². The van der Waals surface area contributed by atoms with Crippen molar-refractivity contribution in [2.45, 2.75) is 51.9 Å². The van der Waals surface area contributed by atoms with Crippen LogP contribution in [0.1, 0.15) is 51.9 Å². The van der Waals surface area contributed by atoms with E-state index in [-0.39, 0.29) is 32.2 Å². The molecule has 0 spiro atoms. The number of unbranched alkanes of at least 4 members (excludes halogenated alkanes) is 4. The molecule has 0 unspecified atom stereocenters. The number of carbonyl (C=O) groups excluding carboxylic acids is 1. The molecule has 0 fully saturated rings. The molecule has 5 nitrogen and oxygen atoms in total. The van der Waals surface area contributed by atoms with Crippen molar-refractivity contribution < 1.29 is 24.2 Å². The lowest BCUT2D eigenvalue weighted by atomic mass is 10.1.